The van der Waals surface area contributed by atoms with Crippen LogP contribution in [0.3, 0.4) is 0 Å². The van der Waals surface area contributed by atoms with Crippen molar-refractivity contribution in [3.8, 4) is 34.0 Å². The van der Waals surface area contributed by atoms with Gasteiger partial charge < -0.3 is 4.57 Å². The van der Waals surface area contributed by atoms with Crippen molar-refractivity contribution in [2.24, 2.45) is 0 Å². The van der Waals surface area contributed by atoms with Gasteiger partial charge in [-0.15, -0.1) is 0 Å². The van der Waals surface area contributed by atoms with Crippen LogP contribution in [0.15, 0.2) is 194 Å². The molecule has 1 aliphatic carbocycles. The van der Waals surface area contributed by atoms with Gasteiger partial charge in [0.1, 0.15) is 5.82 Å². The molecule has 1 aliphatic rings. The third-order valence-electron chi connectivity index (χ3n) is 14.1. The van der Waals surface area contributed by atoms with E-state index in [9.17, 15) is 0 Å². The van der Waals surface area contributed by atoms with Crippen LogP contribution < -0.4 is 0 Å². The van der Waals surface area contributed by atoms with Crippen LogP contribution in [0.5, 0.6) is 0 Å². The molecule has 0 spiro atoms. The summed E-state index contributed by atoms with van der Waals surface area (Å²) >= 11 is 0. The van der Waals surface area contributed by atoms with Crippen molar-refractivity contribution in [2.75, 3.05) is 0 Å². The second-order valence-electron chi connectivity index (χ2n) is 17.6. The Balaban J connectivity index is 1.17. The average Bonchev–Trinajstić information content (AvgIpc) is 3.95. The minimum absolute atomic E-state index is 0.145. The first-order valence-corrected chi connectivity index (χ1v) is 21.8. The number of rotatable bonds is 3. The zero-order valence-electron chi connectivity index (χ0n) is 34.8. The maximum absolute atomic E-state index is 5.68. The fourth-order valence-electron chi connectivity index (χ4n) is 11.4. The molecular formula is C59H38N4. The summed E-state index contributed by atoms with van der Waals surface area (Å²) < 4.78 is 4.93. The molecule has 13 aromatic rings. The minimum Gasteiger partial charge on any atom is -0.309 e. The summed E-state index contributed by atoms with van der Waals surface area (Å²) in [6, 6.07) is 70.9. The molecule has 4 nitrogen and oxygen atoms in total. The molecule has 294 valence electrons. The van der Waals surface area contributed by atoms with Crippen LogP contribution in [0.4, 0.5) is 0 Å². The molecule has 0 atom stereocenters. The molecule has 0 radical (unpaired) electrons. The Morgan fingerprint density at radius 3 is 1.60 bits per heavy atom. The number of fused-ring (bicyclic) bond motifs is 19. The molecule has 4 heteroatoms. The Morgan fingerprint density at radius 2 is 0.905 bits per heavy atom. The third kappa shape index (κ3) is 4.54. The summed E-state index contributed by atoms with van der Waals surface area (Å²) in [7, 11) is 0. The number of para-hydroxylation sites is 4. The van der Waals surface area contributed by atoms with Gasteiger partial charge in [-0.05, 0) is 80.9 Å². The van der Waals surface area contributed by atoms with Crippen molar-refractivity contribution >= 4 is 86.8 Å². The molecule has 0 saturated carbocycles. The third-order valence-corrected chi connectivity index (χ3v) is 14.1. The molecule has 0 N–H and O–H groups in total. The van der Waals surface area contributed by atoms with Gasteiger partial charge in [-0.2, -0.15) is 0 Å². The molecule has 10 aromatic carbocycles. The lowest BCUT2D eigenvalue weighted by Gasteiger charge is -2.22. The summed E-state index contributed by atoms with van der Waals surface area (Å²) in [4.78, 5) is 11.0. The number of hydrogen-bond acceptors (Lipinski definition) is 2. The summed E-state index contributed by atoms with van der Waals surface area (Å²) in [5.41, 5.74) is 12.8. The van der Waals surface area contributed by atoms with Gasteiger partial charge in [0, 0.05) is 59.8 Å². The lowest BCUT2D eigenvalue weighted by Crippen LogP contribution is -2.15. The predicted octanol–water partition coefficient (Wildman–Crippen LogP) is 15.3. The van der Waals surface area contributed by atoms with Crippen LogP contribution in [0.2, 0.25) is 0 Å². The predicted molar refractivity (Wildman–Crippen MR) is 264 cm³/mol. The van der Waals surface area contributed by atoms with Gasteiger partial charge in [0.15, 0.2) is 5.82 Å². The Morgan fingerprint density at radius 1 is 0.381 bits per heavy atom. The van der Waals surface area contributed by atoms with Crippen molar-refractivity contribution in [2.45, 2.75) is 19.3 Å². The molecule has 0 fully saturated rings. The molecule has 14 rings (SSSR count). The first-order valence-electron chi connectivity index (χ1n) is 21.8. The largest absolute Gasteiger partial charge is 0.309 e. The zero-order chi connectivity index (χ0) is 41.6. The second kappa shape index (κ2) is 12.5. The van der Waals surface area contributed by atoms with Crippen molar-refractivity contribution in [1.82, 2.24) is 19.1 Å². The summed E-state index contributed by atoms with van der Waals surface area (Å²) in [6.45, 7) is 4.66. The van der Waals surface area contributed by atoms with Gasteiger partial charge in [0.05, 0.1) is 27.6 Å². The van der Waals surface area contributed by atoms with Crippen LogP contribution in [0.1, 0.15) is 25.0 Å². The van der Waals surface area contributed by atoms with Crippen LogP contribution >= 0.6 is 0 Å². The first kappa shape index (κ1) is 34.6. The highest BCUT2D eigenvalue weighted by Crippen LogP contribution is 2.52. The number of benzene rings is 10. The van der Waals surface area contributed by atoms with E-state index in [4.69, 9.17) is 9.97 Å². The van der Waals surface area contributed by atoms with E-state index in [0.717, 1.165) is 39.0 Å². The lowest BCUT2D eigenvalue weighted by molar-refractivity contribution is 0.660. The van der Waals surface area contributed by atoms with E-state index in [1.165, 1.54) is 87.1 Å². The Hall–Kier alpha value is -8.08. The Bertz CT molecular complexity index is 4110. The quantitative estimate of drug-likeness (QED) is 0.167. The molecule has 3 aromatic heterocycles. The van der Waals surface area contributed by atoms with E-state index in [0.29, 0.717) is 5.82 Å². The van der Waals surface area contributed by atoms with Gasteiger partial charge in [0.25, 0.3) is 0 Å². The van der Waals surface area contributed by atoms with Gasteiger partial charge in [-0.25, -0.2) is 9.97 Å². The molecule has 0 bridgehead atoms. The highest BCUT2D eigenvalue weighted by atomic mass is 15.1. The smallest absolute Gasteiger partial charge is 0.162 e. The van der Waals surface area contributed by atoms with E-state index in [1.807, 2.05) is 0 Å². The highest BCUT2D eigenvalue weighted by Gasteiger charge is 2.35. The van der Waals surface area contributed by atoms with E-state index in [2.05, 4.69) is 217 Å². The maximum Gasteiger partial charge on any atom is 0.162 e. The van der Waals surface area contributed by atoms with E-state index >= 15 is 0 Å². The number of aromatic nitrogens is 4. The Labute approximate surface area is 362 Å². The molecule has 0 amide bonds. The molecule has 0 aliphatic heterocycles. The Kier molecular flexibility index (Phi) is 6.87. The van der Waals surface area contributed by atoms with Crippen LogP contribution in [-0.4, -0.2) is 19.1 Å². The monoisotopic (exact) mass is 802 g/mol. The maximum atomic E-state index is 5.68. The molecule has 0 saturated heterocycles. The van der Waals surface area contributed by atoms with Crippen molar-refractivity contribution in [3.63, 3.8) is 0 Å². The normalized spacial score (nSPS) is 13.4. The van der Waals surface area contributed by atoms with Crippen LogP contribution in [0.25, 0.3) is 121 Å². The highest BCUT2D eigenvalue weighted by molar-refractivity contribution is 6.45. The number of hydrogen-bond donors (Lipinski definition) is 0. The molecular weight excluding hydrogens is 765 g/mol. The fourth-order valence-corrected chi connectivity index (χ4v) is 11.4. The van der Waals surface area contributed by atoms with Crippen molar-refractivity contribution in [1.29, 1.82) is 0 Å². The molecule has 0 unspecified atom stereocenters. The topological polar surface area (TPSA) is 35.6 Å². The lowest BCUT2D eigenvalue weighted by atomic mass is 9.82. The summed E-state index contributed by atoms with van der Waals surface area (Å²) in [5, 5.41) is 13.3. The average molecular weight is 803 g/mol. The van der Waals surface area contributed by atoms with Crippen LogP contribution in [-0.2, 0) is 5.41 Å². The fraction of sp³-hybridized carbons (Fsp3) is 0.0508. The van der Waals surface area contributed by atoms with Crippen molar-refractivity contribution < 1.29 is 0 Å². The van der Waals surface area contributed by atoms with Crippen LogP contribution in [0, 0.1) is 0 Å². The minimum atomic E-state index is -0.145. The SMILES string of the molecule is CC1(C)c2ccccc2-c2ccc(-c3nc(-n4c5ccccc5c5c6c(c7ccccc7c7c6c6ccccc6n7-c6ccccc6)c6ccccc6c54)c4ccccc4n3)cc21. The summed E-state index contributed by atoms with van der Waals surface area (Å²) in [6.07, 6.45) is 0. The van der Waals surface area contributed by atoms with Crippen molar-refractivity contribution in [3.05, 3.63) is 205 Å². The van der Waals surface area contributed by atoms with Gasteiger partial charge in [0.2, 0.25) is 0 Å². The van der Waals surface area contributed by atoms with E-state index < -0.39 is 0 Å². The van der Waals surface area contributed by atoms with E-state index in [1.54, 1.807) is 0 Å². The van der Waals surface area contributed by atoms with Gasteiger partial charge in [-0.1, -0.05) is 166 Å². The first-order chi connectivity index (χ1) is 31.1. The van der Waals surface area contributed by atoms with Gasteiger partial charge >= 0.3 is 0 Å². The zero-order valence-corrected chi connectivity index (χ0v) is 34.8. The van der Waals surface area contributed by atoms with E-state index in [-0.39, 0.29) is 5.41 Å². The molecule has 63 heavy (non-hydrogen) atoms. The second-order valence-corrected chi connectivity index (χ2v) is 17.6. The summed E-state index contributed by atoms with van der Waals surface area (Å²) in [5.74, 6) is 1.59. The molecule has 3 heterocycles. The standard InChI is InChI=1S/C59H38N4/c1-59(2)46-28-14-10-20-37(46)38-33-32-35(34-47(38)59)57-60-48-29-15-11-25-43(48)58(61-57)63-50-31-17-13-27-45(50)53-54-51(40-22-7-9-24-42(40)56(53)63)39-21-6-8-23-41(39)55-52(54)44-26-12-16-30-49(44)62(55)36-18-4-3-5-19-36/h3-34H,1-2H3. The van der Waals surface area contributed by atoms with Gasteiger partial charge in [-0.3, -0.25) is 4.57 Å². The number of nitrogens with zero attached hydrogens (tertiary/aromatic N) is 4.